The maximum Gasteiger partial charge on any atom is 0.332 e. The zero-order valence-corrected chi connectivity index (χ0v) is 12.0. The maximum absolute atomic E-state index is 10.8. The number of primary amides is 2. The van der Waals surface area contributed by atoms with E-state index >= 15 is 0 Å². The minimum absolute atomic E-state index is 0.206. The number of carbonyl (C=O) groups is 2. The van der Waals surface area contributed by atoms with Gasteiger partial charge in [-0.2, -0.15) is 5.10 Å². The molecule has 0 saturated carbocycles. The third kappa shape index (κ3) is 5.57. The van der Waals surface area contributed by atoms with Crippen LogP contribution in [0.1, 0.15) is 12.5 Å². The molecule has 5 N–H and O–H groups in total. The number of nitrogens with zero attached hydrogens (tertiary/aromatic N) is 1. The summed E-state index contributed by atoms with van der Waals surface area (Å²) in [6.45, 7) is 1.82. The first-order valence-electron chi connectivity index (χ1n) is 5.90. The summed E-state index contributed by atoms with van der Waals surface area (Å²) >= 11 is 6.06. The minimum atomic E-state index is -0.788. The predicted molar refractivity (Wildman–Crippen MR) is 77.6 cm³/mol. The van der Waals surface area contributed by atoms with E-state index in [9.17, 15) is 9.59 Å². The van der Waals surface area contributed by atoms with Gasteiger partial charge in [0.15, 0.2) is 18.1 Å². The SMILES string of the molecule is CCOc1cc(/C=N/NC(N)=O)cc(Cl)c1OCC(N)=O. The molecule has 0 heterocycles. The number of rotatable bonds is 7. The van der Waals surface area contributed by atoms with Gasteiger partial charge in [0.25, 0.3) is 5.91 Å². The largest absolute Gasteiger partial charge is 0.490 e. The van der Waals surface area contributed by atoms with Crippen LogP contribution in [0.5, 0.6) is 11.5 Å². The molecule has 0 atom stereocenters. The molecule has 1 rings (SSSR count). The van der Waals surface area contributed by atoms with Gasteiger partial charge in [0.2, 0.25) is 0 Å². The number of hydrogen-bond donors (Lipinski definition) is 3. The topological polar surface area (TPSA) is 129 Å². The van der Waals surface area contributed by atoms with Crippen LogP contribution < -0.4 is 26.4 Å². The number of hydrazone groups is 1. The van der Waals surface area contributed by atoms with E-state index in [1.54, 1.807) is 13.0 Å². The second-order valence-corrected chi connectivity index (χ2v) is 4.16. The summed E-state index contributed by atoms with van der Waals surface area (Å²) in [7, 11) is 0. The van der Waals surface area contributed by atoms with E-state index in [0.29, 0.717) is 17.9 Å². The van der Waals surface area contributed by atoms with Gasteiger partial charge in [-0.05, 0) is 24.6 Å². The van der Waals surface area contributed by atoms with Crippen LogP contribution >= 0.6 is 11.6 Å². The van der Waals surface area contributed by atoms with Crippen molar-refractivity contribution < 1.29 is 19.1 Å². The molecule has 0 aliphatic rings. The molecule has 0 aliphatic carbocycles. The zero-order chi connectivity index (χ0) is 15.8. The van der Waals surface area contributed by atoms with Crippen molar-refractivity contribution in [3.8, 4) is 11.5 Å². The summed E-state index contributed by atoms with van der Waals surface area (Å²) in [6, 6.07) is 2.31. The number of nitrogens with two attached hydrogens (primary N) is 2. The molecular formula is C12H15ClN4O4. The first-order chi connectivity index (χ1) is 9.93. The molecule has 21 heavy (non-hydrogen) atoms. The Kier molecular flexibility index (Phi) is 6.28. The molecule has 8 nitrogen and oxygen atoms in total. The zero-order valence-electron chi connectivity index (χ0n) is 11.3. The number of urea groups is 1. The Morgan fingerprint density at radius 3 is 2.67 bits per heavy atom. The van der Waals surface area contributed by atoms with Gasteiger partial charge in [0, 0.05) is 0 Å². The molecular weight excluding hydrogens is 300 g/mol. The molecule has 0 spiro atoms. The van der Waals surface area contributed by atoms with Crippen molar-refractivity contribution in [2.24, 2.45) is 16.6 Å². The average molecular weight is 315 g/mol. The second kappa shape index (κ2) is 7.95. The normalized spacial score (nSPS) is 10.4. The predicted octanol–water partition coefficient (Wildman–Crippen LogP) is 0.605. The van der Waals surface area contributed by atoms with Gasteiger partial charge in [-0.25, -0.2) is 10.2 Å². The minimum Gasteiger partial charge on any atom is -0.490 e. The highest BCUT2D eigenvalue weighted by Gasteiger charge is 2.13. The lowest BCUT2D eigenvalue weighted by atomic mass is 10.2. The lowest BCUT2D eigenvalue weighted by molar-refractivity contribution is -0.119. The van der Waals surface area contributed by atoms with E-state index in [1.165, 1.54) is 12.3 Å². The Bertz CT molecular complexity index is 562. The van der Waals surface area contributed by atoms with E-state index < -0.39 is 11.9 Å². The molecule has 114 valence electrons. The van der Waals surface area contributed by atoms with Crippen molar-refractivity contribution in [3.05, 3.63) is 22.7 Å². The molecule has 9 heteroatoms. The standard InChI is InChI=1S/C12H15ClN4O4/c1-2-20-9-4-7(5-16-17-12(15)19)3-8(13)11(9)21-6-10(14)18/h3-5H,2,6H2,1H3,(H2,14,18)(H3,15,17,19)/b16-5+. The fraction of sp³-hybridized carbons (Fsp3) is 0.250. The highest BCUT2D eigenvalue weighted by atomic mass is 35.5. The monoisotopic (exact) mass is 314 g/mol. The van der Waals surface area contributed by atoms with Gasteiger partial charge < -0.3 is 20.9 Å². The third-order valence-corrected chi connectivity index (χ3v) is 2.36. The average Bonchev–Trinajstić information content (AvgIpc) is 2.37. The maximum atomic E-state index is 10.8. The van der Waals surface area contributed by atoms with Crippen LogP contribution in [0.2, 0.25) is 5.02 Å². The lowest BCUT2D eigenvalue weighted by Crippen LogP contribution is -2.24. The van der Waals surface area contributed by atoms with E-state index in [4.69, 9.17) is 32.5 Å². The molecule has 0 fully saturated rings. The number of ether oxygens (including phenoxy) is 2. The molecule has 0 aromatic heterocycles. The van der Waals surface area contributed by atoms with E-state index in [1.807, 2.05) is 0 Å². The van der Waals surface area contributed by atoms with E-state index in [2.05, 4.69) is 10.5 Å². The summed E-state index contributed by atoms with van der Waals surface area (Å²) in [6.07, 6.45) is 1.33. The van der Waals surface area contributed by atoms with Crippen LogP contribution in [-0.2, 0) is 4.79 Å². The van der Waals surface area contributed by atoms with Crippen LogP contribution in [0.3, 0.4) is 0 Å². The molecule has 1 aromatic rings. The van der Waals surface area contributed by atoms with Gasteiger partial charge in [0.05, 0.1) is 17.8 Å². The van der Waals surface area contributed by atoms with Crippen LogP contribution in [0.4, 0.5) is 4.79 Å². The fourth-order valence-electron chi connectivity index (χ4n) is 1.38. The van der Waals surface area contributed by atoms with Crippen LogP contribution in [0.15, 0.2) is 17.2 Å². The summed E-state index contributed by atoms with van der Waals surface area (Å²) < 4.78 is 10.6. The Labute approximate surface area is 126 Å². The number of nitrogens with one attached hydrogen (secondary N) is 1. The van der Waals surface area contributed by atoms with Crippen molar-refractivity contribution in [2.75, 3.05) is 13.2 Å². The van der Waals surface area contributed by atoms with Crippen molar-refractivity contribution in [1.29, 1.82) is 0 Å². The Balaban J connectivity index is 3.02. The van der Waals surface area contributed by atoms with E-state index in [0.717, 1.165) is 0 Å². The quantitative estimate of drug-likeness (QED) is 0.502. The molecule has 0 aliphatic heterocycles. The first kappa shape index (κ1) is 16.6. The molecule has 0 saturated heterocycles. The summed E-state index contributed by atoms with van der Waals surface area (Å²) in [5.41, 5.74) is 12.5. The van der Waals surface area contributed by atoms with Crippen molar-refractivity contribution >= 4 is 29.8 Å². The Morgan fingerprint density at radius 1 is 1.38 bits per heavy atom. The Morgan fingerprint density at radius 2 is 2.10 bits per heavy atom. The molecule has 3 amide bonds. The van der Waals surface area contributed by atoms with Crippen LogP contribution in [0, 0.1) is 0 Å². The van der Waals surface area contributed by atoms with Gasteiger partial charge >= 0.3 is 6.03 Å². The Hall–Kier alpha value is -2.48. The van der Waals surface area contributed by atoms with Crippen LogP contribution in [-0.4, -0.2) is 31.4 Å². The lowest BCUT2D eigenvalue weighted by Gasteiger charge is -2.13. The van der Waals surface area contributed by atoms with Gasteiger partial charge in [0.1, 0.15) is 0 Å². The number of benzene rings is 1. The number of halogens is 1. The molecule has 0 radical (unpaired) electrons. The van der Waals surface area contributed by atoms with Gasteiger partial charge in [-0.15, -0.1) is 0 Å². The summed E-state index contributed by atoms with van der Waals surface area (Å²) in [5, 5.41) is 3.82. The van der Waals surface area contributed by atoms with Crippen LogP contribution in [0.25, 0.3) is 0 Å². The highest BCUT2D eigenvalue weighted by Crippen LogP contribution is 2.36. The fourth-order valence-corrected chi connectivity index (χ4v) is 1.65. The first-order valence-corrected chi connectivity index (χ1v) is 6.27. The van der Waals surface area contributed by atoms with Gasteiger partial charge in [-0.1, -0.05) is 11.6 Å². The van der Waals surface area contributed by atoms with Crippen molar-refractivity contribution in [3.63, 3.8) is 0 Å². The molecule has 0 bridgehead atoms. The van der Waals surface area contributed by atoms with Crippen molar-refractivity contribution in [1.82, 2.24) is 5.43 Å². The van der Waals surface area contributed by atoms with E-state index in [-0.39, 0.29) is 17.4 Å². The second-order valence-electron chi connectivity index (χ2n) is 3.75. The number of amides is 3. The highest BCUT2D eigenvalue weighted by molar-refractivity contribution is 6.32. The van der Waals surface area contributed by atoms with Gasteiger partial charge in [-0.3, -0.25) is 4.79 Å². The molecule has 0 unspecified atom stereocenters. The number of carbonyl (C=O) groups excluding carboxylic acids is 2. The third-order valence-electron chi connectivity index (χ3n) is 2.08. The van der Waals surface area contributed by atoms with Crippen molar-refractivity contribution in [2.45, 2.75) is 6.92 Å². The smallest absolute Gasteiger partial charge is 0.332 e. The molecule has 1 aromatic carbocycles. The number of hydrogen-bond acceptors (Lipinski definition) is 5. The summed E-state index contributed by atoms with van der Waals surface area (Å²) in [4.78, 5) is 21.3. The summed E-state index contributed by atoms with van der Waals surface area (Å²) in [5.74, 6) is -0.103.